The molecule has 0 spiro atoms. The summed E-state index contributed by atoms with van der Waals surface area (Å²) < 4.78 is 37.1. The van der Waals surface area contributed by atoms with Crippen molar-refractivity contribution in [1.82, 2.24) is 4.98 Å². The van der Waals surface area contributed by atoms with E-state index in [0.717, 1.165) is 17.4 Å². The number of terminal acetylenes is 1. The van der Waals surface area contributed by atoms with Crippen molar-refractivity contribution in [2.24, 2.45) is 0 Å². The Morgan fingerprint density at radius 2 is 2.06 bits per heavy atom. The molecule has 2 N–H and O–H groups in total. The summed E-state index contributed by atoms with van der Waals surface area (Å²) in [5.41, 5.74) is 5.02. The molecule has 6 heteroatoms. The number of rotatable bonds is 0. The van der Waals surface area contributed by atoms with Gasteiger partial charge in [0, 0.05) is 5.39 Å². The molecule has 0 atom stereocenters. The molecule has 0 aromatic carbocycles. The van der Waals surface area contributed by atoms with Gasteiger partial charge in [0.1, 0.15) is 15.4 Å². The molecule has 0 fully saturated rings. The van der Waals surface area contributed by atoms with Gasteiger partial charge in [-0.05, 0) is 12.1 Å². The van der Waals surface area contributed by atoms with Gasteiger partial charge in [0.25, 0.3) is 0 Å². The standard InChI is InChI=1S/C10H5F3N2S/c1-2-6-8(14)5-3-4-7(10(11,12)13)15-9(5)16-6/h1,3-4H,14H2. The van der Waals surface area contributed by atoms with Gasteiger partial charge in [0.05, 0.1) is 5.69 Å². The van der Waals surface area contributed by atoms with E-state index < -0.39 is 11.9 Å². The van der Waals surface area contributed by atoms with Crippen molar-refractivity contribution in [1.29, 1.82) is 0 Å². The molecule has 0 bridgehead atoms. The lowest BCUT2D eigenvalue weighted by atomic mass is 10.2. The second-order valence-corrected chi connectivity index (χ2v) is 4.04. The SMILES string of the molecule is C#Cc1sc2nc(C(F)(F)F)ccc2c1N. The maximum absolute atomic E-state index is 12.4. The minimum absolute atomic E-state index is 0.209. The van der Waals surface area contributed by atoms with Crippen LogP contribution in [0.4, 0.5) is 18.9 Å². The van der Waals surface area contributed by atoms with Crippen molar-refractivity contribution >= 4 is 27.2 Å². The second-order valence-electron chi connectivity index (χ2n) is 3.04. The van der Waals surface area contributed by atoms with E-state index in [1.165, 1.54) is 6.07 Å². The van der Waals surface area contributed by atoms with Crippen LogP contribution in [0.2, 0.25) is 0 Å². The molecule has 2 aromatic rings. The highest BCUT2D eigenvalue weighted by Gasteiger charge is 2.32. The number of pyridine rings is 1. The fourth-order valence-corrected chi connectivity index (χ4v) is 2.17. The summed E-state index contributed by atoms with van der Waals surface area (Å²) in [7, 11) is 0. The highest BCUT2D eigenvalue weighted by Crippen LogP contribution is 2.35. The van der Waals surface area contributed by atoms with Gasteiger partial charge in [0.2, 0.25) is 0 Å². The lowest BCUT2D eigenvalue weighted by Gasteiger charge is -2.04. The predicted molar refractivity (Wildman–Crippen MR) is 57.0 cm³/mol. The van der Waals surface area contributed by atoms with Crippen molar-refractivity contribution in [2.75, 3.05) is 5.73 Å². The van der Waals surface area contributed by atoms with E-state index >= 15 is 0 Å². The average molecular weight is 242 g/mol. The van der Waals surface area contributed by atoms with E-state index in [1.807, 2.05) is 0 Å². The molecule has 2 heterocycles. The maximum Gasteiger partial charge on any atom is 0.433 e. The smallest absolute Gasteiger partial charge is 0.396 e. The maximum atomic E-state index is 12.4. The topological polar surface area (TPSA) is 38.9 Å². The van der Waals surface area contributed by atoms with Gasteiger partial charge >= 0.3 is 6.18 Å². The lowest BCUT2D eigenvalue weighted by molar-refractivity contribution is -0.140. The van der Waals surface area contributed by atoms with E-state index in [0.29, 0.717) is 16.0 Å². The number of fused-ring (bicyclic) bond motifs is 1. The monoisotopic (exact) mass is 242 g/mol. The van der Waals surface area contributed by atoms with E-state index in [1.54, 1.807) is 0 Å². The molecule has 0 unspecified atom stereocenters. The summed E-state index contributed by atoms with van der Waals surface area (Å²) in [6, 6.07) is 2.18. The summed E-state index contributed by atoms with van der Waals surface area (Å²) in [5.74, 6) is 2.32. The first kappa shape index (κ1) is 10.8. The number of anilines is 1. The number of thiophene rings is 1. The molecular weight excluding hydrogens is 237 g/mol. The Balaban J connectivity index is 2.70. The first-order chi connectivity index (χ1) is 7.43. The molecule has 0 amide bonds. The number of nitrogens with two attached hydrogens (primary N) is 1. The van der Waals surface area contributed by atoms with Gasteiger partial charge in [-0.1, -0.05) is 5.92 Å². The molecule has 0 aliphatic heterocycles. The zero-order chi connectivity index (χ0) is 11.9. The molecule has 82 valence electrons. The number of hydrogen-bond acceptors (Lipinski definition) is 3. The summed E-state index contributed by atoms with van der Waals surface area (Å²) >= 11 is 0.982. The first-order valence-electron chi connectivity index (χ1n) is 4.16. The van der Waals surface area contributed by atoms with Crippen LogP contribution in [-0.4, -0.2) is 4.98 Å². The number of halogens is 3. The first-order valence-corrected chi connectivity index (χ1v) is 4.98. The Hall–Kier alpha value is -1.74. The minimum atomic E-state index is -4.46. The van der Waals surface area contributed by atoms with Crippen LogP contribution >= 0.6 is 11.3 Å². The Labute approximate surface area is 92.9 Å². The van der Waals surface area contributed by atoms with E-state index in [9.17, 15) is 13.2 Å². The van der Waals surface area contributed by atoms with Gasteiger partial charge in [-0.25, -0.2) is 4.98 Å². The Kier molecular flexibility index (Phi) is 2.28. The van der Waals surface area contributed by atoms with Crippen LogP contribution < -0.4 is 5.73 Å². The third-order valence-electron chi connectivity index (χ3n) is 2.02. The van der Waals surface area contributed by atoms with Crippen LogP contribution in [-0.2, 0) is 6.18 Å². The fourth-order valence-electron chi connectivity index (χ4n) is 1.26. The van der Waals surface area contributed by atoms with Crippen LogP contribution in [0.1, 0.15) is 10.6 Å². The van der Waals surface area contributed by atoms with E-state index in [-0.39, 0.29) is 4.83 Å². The summed E-state index contributed by atoms with van der Waals surface area (Å²) in [5, 5.41) is 0.464. The minimum Gasteiger partial charge on any atom is -0.396 e. The quantitative estimate of drug-likeness (QED) is 0.721. The largest absolute Gasteiger partial charge is 0.433 e. The number of nitrogen functional groups attached to an aromatic ring is 1. The van der Waals surface area contributed by atoms with Gasteiger partial charge < -0.3 is 5.73 Å². The molecule has 0 saturated carbocycles. The average Bonchev–Trinajstić information content (AvgIpc) is 2.54. The number of hydrogen-bond donors (Lipinski definition) is 1. The number of aromatic nitrogens is 1. The van der Waals surface area contributed by atoms with Crippen LogP contribution in [0.5, 0.6) is 0 Å². The van der Waals surface area contributed by atoms with Crippen molar-refractivity contribution < 1.29 is 13.2 Å². The van der Waals surface area contributed by atoms with Crippen molar-refractivity contribution in [3.8, 4) is 12.3 Å². The van der Waals surface area contributed by atoms with Gasteiger partial charge in [-0.3, -0.25) is 0 Å². The summed E-state index contributed by atoms with van der Waals surface area (Å²) in [6.45, 7) is 0. The van der Waals surface area contributed by atoms with Crippen LogP contribution in [0.25, 0.3) is 10.2 Å². The van der Waals surface area contributed by atoms with Crippen LogP contribution in [0.3, 0.4) is 0 Å². The molecule has 2 rings (SSSR count). The zero-order valence-corrected chi connectivity index (χ0v) is 8.62. The highest BCUT2D eigenvalue weighted by atomic mass is 32.1. The molecule has 0 radical (unpaired) electrons. The summed E-state index contributed by atoms with van der Waals surface area (Å²) in [4.78, 5) is 4.11. The van der Waals surface area contributed by atoms with Crippen LogP contribution in [0.15, 0.2) is 12.1 Å². The Morgan fingerprint density at radius 3 is 2.62 bits per heavy atom. The Morgan fingerprint density at radius 1 is 1.38 bits per heavy atom. The fraction of sp³-hybridized carbons (Fsp3) is 0.100. The van der Waals surface area contributed by atoms with E-state index in [2.05, 4.69) is 10.9 Å². The second kappa shape index (κ2) is 3.39. The molecule has 2 aromatic heterocycles. The highest BCUT2D eigenvalue weighted by molar-refractivity contribution is 7.19. The normalized spacial score (nSPS) is 11.6. The molecule has 0 aliphatic carbocycles. The van der Waals surface area contributed by atoms with Crippen molar-refractivity contribution in [3.05, 3.63) is 22.7 Å². The molecule has 0 saturated heterocycles. The molecule has 0 aliphatic rings. The molecular formula is C10H5F3N2S. The van der Waals surface area contributed by atoms with Crippen molar-refractivity contribution in [2.45, 2.75) is 6.18 Å². The van der Waals surface area contributed by atoms with Gasteiger partial charge in [-0.15, -0.1) is 17.8 Å². The lowest BCUT2D eigenvalue weighted by Crippen LogP contribution is -2.07. The van der Waals surface area contributed by atoms with E-state index in [4.69, 9.17) is 12.2 Å². The third kappa shape index (κ3) is 1.59. The Bertz CT molecular complexity index is 592. The molecule has 2 nitrogen and oxygen atoms in total. The third-order valence-corrected chi connectivity index (χ3v) is 3.06. The predicted octanol–water partition coefficient (Wildman–Crippen LogP) is 2.88. The van der Waals surface area contributed by atoms with Gasteiger partial charge in [0.15, 0.2) is 0 Å². The zero-order valence-electron chi connectivity index (χ0n) is 7.80. The van der Waals surface area contributed by atoms with Gasteiger partial charge in [-0.2, -0.15) is 13.2 Å². The number of alkyl halides is 3. The van der Waals surface area contributed by atoms with Crippen molar-refractivity contribution in [3.63, 3.8) is 0 Å². The summed E-state index contributed by atoms with van der Waals surface area (Å²) in [6.07, 6.45) is 0.714. The van der Waals surface area contributed by atoms with Crippen LogP contribution in [0, 0.1) is 12.3 Å². The molecule has 16 heavy (non-hydrogen) atoms. The number of nitrogens with zero attached hydrogens (tertiary/aromatic N) is 1.